The van der Waals surface area contributed by atoms with Crippen molar-refractivity contribution in [3.05, 3.63) is 17.5 Å². The van der Waals surface area contributed by atoms with Crippen LogP contribution in [0.5, 0.6) is 0 Å². The maximum absolute atomic E-state index is 9.52. The molecule has 100 valence electrons. The van der Waals surface area contributed by atoms with E-state index in [-0.39, 0.29) is 5.95 Å². The van der Waals surface area contributed by atoms with E-state index in [4.69, 9.17) is 5.73 Å². The highest BCUT2D eigenvalue weighted by molar-refractivity contribution is 5.41. The smallest absolute Gasteiger partial charge is 0.222 e. The minimum Gasteiger partial charge on any atom is -0.378 e. The van der Waals surface area contributed by atoms with E-state index < -0.39 is 11.2 Å². The van der Waals surface area contributed by atoms with Crippen LogP contribution in [0.25, 0.3) is 0 Å². The molecule has 0 aliphatic heterocycles. The molecule has 0 saturated carbocycles. The van der Waals surface area contributed by atoms with Crippen LogP contribution < -0.4 is 5.73 Å². The molecule has 0 saturated heterocycles. The van der Waals surface area contributed by atoms with E-state index in [1.807, 2.05) is 0 Å². The second kappa shape index (κ2) is 5.27. The zero-order valence-electron chi connectivity index (χ0n) is 11.4. The molecule has 1 rings (SSSR count). The first-order valence-corrected chi connectivity index (χ1v) is 5.71. The molecule has 4 N–H and O–H groups in total. The van der Waals surface area contributed by atoms with Gasteiger partial charge < -0.3 is 15.9 Å². The summed E-state index contributed by atoms with van der Waals surface area (Å²) < 4.78 is 0. The van der Waals surface area contributed by atoms with Gasteiger partial charge in [0.25, 0.3) is 0 Å². The Labute approximate surface area is 112 Å². The number of nitrogen functional groups attached to an aromatic ring is 1. The number of nitrogens with two attached hydrogens (primary N) is 1. The Balaban J connectivity index is 3.13. The Bertz CT molecular complexity index is 537. The summed E-state index contributed by atoms with van der Waals surface area (Å²) in [7, 11) is 0. The van der Waals surface area contributed by atoms with Gasteiger partial charge in [0.2, 0.25) is 5.95 Å². The Morgan fingerprint density at radius 1 is 0.947 bits per heavy atom. The molecule has 0 spiro atoms. The molecule has 0 unspecified atom stereocenters. The predicted molar refractivity (Wildman–Crippen MR) is 72.8 cm³/mol. The first-order chi connectivity index (χ1) is 8.55. The first kappa shape index (κ1) is 15.0. The third-order valence-corrected chi connectivity index (χ3v) is 1.74. The van der Waals surface area contributed by atoms with Gasteiger partial charge in [0.15, 0.2) is 0 Å². The summed E-state index contributed by atoms with van der Waals surface area (Å²) in [6.45, 7) is 6.28. The number of rotatable bonds is 0. The summed E-state index contributed by atoms with van der Waals surface area (Å²) in [5.74, 6) is 10.7. The van der Waals surface area contributed by atoms with Crippen LogP contribution in [-0.4, -0.2) is 31.4 Å². The lowest BCUT2D eigenvalue weighted by Crippen LogP contribution is -2.15. The van der Waals surface area contributed by atoms with Gasteiger partial charge in [0, 0.05) is 6.07 Å². The number of anilines is 1. The highest BCUT2D eigenvalue weighted by Gasteiger charge is 2.08. The van der Waals surface area contributed by atoms with Gasteiger partial charge in [0.1, 0.15) is 22.6 Å². The Hall–Kier alpha value is -2.08. The quantitative estimate of drug-likeness (QED) is 0.583. The standard InChI is InChI=1S/C14H17N3O2/c1-13(2,18)7-5-10-9-11(17-12(15)16-10)6-8-14(3,4)19/h9,18-19H,1-4H3,(H2,15,16,17). The third-order valence-electron chi connectivity index (χ3n) is 1.74. The van der Waals surface area contributed by atoms with Gasteiger partial charge >= 0.3 is 0 Å². The monoisotopic (exact) mass is 259 g/mol. The molecule has 0 fully saturated rings. The zero-order valence-corrected chi connectivity index (χ0v) is 11.4. The number of hydrogen-bond donors (Lipinski definition) is 3. The van der Waals surface area contributed by atoms with E-state index >= 15 is 0 Å². The number of hydrogen-bond acceptors (Lipinski definition) is 5. The van der Waals surface area contributed by atoms with Gasteiger partial charge in [-0.25, -0.2) is 9.97 Å². The van der Waals surface area contributed by atoms with E-state index in [1.54, 1.807) is 33.8 Å². The summed E-state index contributed by atoms with van der Waals surface area (Å²) in [5.41, 5.74) is 4.07. The Morgan fingerprint density at radius 3 is 1.63 bits per heavy atom. The lowest BCUT2D eigenvalue weighted by molar-refractivity contribution is 0.143. The number of aliphatic hydroxyl groups is 2. The van der Waals surface area contributed by atoms with Crippen molar-refractivity contribution in [3.63, 3.8) is 0 Å². The number of aromatic nitrogens is 2. The molecule has 0 atom stereocenters. The summed E-state index contributed by atoms with van der Waals surface area (Å²) in [6, 6.07) is 1.55. The van der Waals surface area contributed by atoms with E-state index in [1.165, 1.54) is 0 Å². The molecule has 19 heavy (non-hydrogen) atoms. The van der Waals surface area contributed by atoms with Crippen molar-refractivity contribution < 1.29 is 10.2 Å². The van der Waals surface area contributed by atoms with E-state index in [2.05, 4.69) is 33.6 Å². The van der Waals surface area contributed by atoms with E-state index in [0.29, 0.717) is 11.4 Å². The van der Waals surface area contributed by atoms with Crippen LogP contribution in [0.3, 0.4) is 0 Å². The normalized spacial score (nSPS) is 11.1. The molecule has 0 aliphatic rings. The molecule has 0 aliphatic carbocycles. The van der Waals surface area contributed by atoms with Crippen molar-refractivity contribution in [3.8, 4) is 23.7 Å². The first-order valence-electron chi connectivity index (χ1n) is 5.71. The molecular weight excluding hydrogens is 242 g/mol. The number of nitrogens with zero attached hydrogens (tertiary/aromatic N) is 2. The molecule has 0 amide bonds. The van der Waals surface area contributed by atoms with Crippen molar-refractivity contribution in [1.29, 1.82) is 0 Å². The average Bonchev–Trinajstić information content (AvgIpc) is 2.21. The van der Waals surface area contributed by atoms with Gasteiger partial charge in [-0.15, -0.1) is 0 Å². The fourth-order valence-electron chi connectivity index (χ4n) is 1.03. The van der Waals surface area contributed by atoms with Gasteiger partial charge in [-0.2, -0.15) is 0 Å². The largest absolute Gasteiger partial charge is 0.378 e. The van der Waals surface area contributed by atoms with E-state index in [0.717, 1.165) is 0 Å². The molecule has 0 aromatic carbocycles. The lowest BCUT2D eigenvalue weighted by atomic mass is 10.1. The van der Waals surface area contributed by atoms with Crippen molar-refractivity contribution in [2.24, 2.45) is 0 Å². The van der Waals surface area contributed by atoms with Crippen molar-refractivity contribution >= 4 is 5.95 Å². The summed E-state index contributed by atoms with van der Waals surface area (Å²) in [6.07, 6.45) is 0. The maximum Gasteiger partial charge on any atom is 0.222 e. The van der Waals surface area contributed by atoms with E-state index in [9.17, 15) is 10.2 Å². The predicted octanol–water partition coefficient (Wildman–Crippen LogP) is 0.304. The molecule has 1 aromatic heterocycles. The lowest BCUT2D eigenvalue weighted by Gasteiger charge is -2.06. The minimum absolute atomic E-state index is 0.0441. The molecular formula is C14H17N3O2. The summed E-state index contributed by atoms with van der Waals surface area (Å²) in [4.78, 5) is 7.87. The molecule has 0 radical (unpaired) electrons. The van der Waals surface area contributed by atoms with Gasteiger partial charge in [-0.3, -0.25) is 0 Å². The Kier molecular flexibility index (Phi) is 4.16. The topological polar surface area (TPSA) is 92.3 Å². The molecule has 1 aromatic rings. The van der Waals surface area contributed by atoms with Crippen LogP contribution in [0.2, 0.25) is 0 Å². The highest BCUT2D eigenvalue weighted by Crippen LogP contribution is 2.04. The van der Waals surface area contributed by atoms with Crippen LogP contribution in [0, 0.1) is 23.7 Å². The molecule has 5 nitrogen and oxygen atoms in total. The van der Waals surface area contributed by atoms with Crippen LogP contribution in [-0.2, 0) is 0 Å². The van der Waals surface area contributed by atoms with Crippen molar-refractivity contribution in [2.45, 2.75) is 38.9 Å². The molecule has 5 heteroatoms. The summed E-state index contributed by atoms with van der Waals surface area (Å²) in [5, 5.41) is 19.0. The van der Waals surface area contributed by atoms with Crippen LogP contribution in [0.1, 0.15) is 39.1 Å². The van der Waals surface area contributed by atoms with Crippen LogP contribution >= 0.6 is 0 Å². The molecule has 1 heterocycles. The average molecular weight is 259 g/mol. The SMILES string of the molecule is CC(C)(O)C#Cc1cc(C#CC(C)(C)O)nc(N)n1. The van der Waals surface area contributed by atoms with Crippen LogP contribution in [0.15, 0.2) is 6.07 Å². The minimum atomic E-state index is -1.11. The fraction of sp³-hybridized carbons (Fsp3) is 0.429. The maximum atomic E-state index is 9.52. The van der Waals surface area contributed by atoms with Crippen molar-refractivity contribution in [2.75, 3.05) is 5.73 Å². The highest BCUT2D eigenvalue weighted by atomic mass is 16.3. The molecule has 0 bridgehead atoms. The zero-order chi connectivity index (χ0) is 14.7. The second-order valence-corrected chi connectivity index (χ2v) is 5.11. The summed E-state index contributed by atoms with van der Waals surface area (Å²) >= 11 is 0. The van der Waals surface area contributed by atoms with Crippen molar-refractivity contribution in [1.82, 2.24) is 9.97 Å². The Morgan fingerprint density at radius 2 is 1.32 bits per heavy atom. The van der Waals surface area contributed by atoms with Gasteiger partial charge in [-0.1, -0.05) is 11.8 Å². The van der Waals surface area contributed by atoms with Gasteiger partial charge in [0.05, 0.1) is 0 Å². The van der Waals surface area contributed by atoms with Gasteiger partial charge in [-0.05, 0) is 39.5 Å². The fourth-order valence-corrected chi connectivity index (χ4v) is 1.03. The van der Waals surface area contributed by atoms with Crippen LogP contribution in [0.4, 0.5) is 5.95 Å². The second-order valence-electron chi connectivity index (χ2n) is 5.11. The third kappa shape index (κ3) is 6.42.